The third kappa shape index (κ3) is 4.60. The van der Waals surface area contributed by atoms with Crippen LogP contribution in [0.25, 0.3) is 10.7 Å². The Bertz CT molecular complexity index is 1070. The van der Waals surface area contributed by atoms with Crippen LogP contribution in [0.4, 0.5) is 0 Å². The number of aromatic nitrogens is 2. The van der Waals surface area contributed by atoms with Crippen molar-refractivity contribution < 1.29 is 9.32 Å². The second kappa shape index (κ2) is 8.84. The van der Waals surface area contributed by atoms with Gasteiger partial charge in [0.15, 0.2) is 0 Å². The summed E-state index contributed by atoms with van der Waals surface area (Å²) in [6.07, 6.45) is 1.70. The zero-order chi connectivity index (χ0) is 20.1. The third-order valence-corrected chi connectivity index (χ3v) is 5.57. The second-order valence-corrected chi connectivity index (χ2v) is 7.74. The molecule has 0 N–H and O–H groups in total. The van der Waals surface area contributed by atoms with Crippen LogP contribution >= 0.6 is 11.3 Å². The van der Waals surface area contributed by atoms with Gasteiger partial charge in [-0.25, -0.2) is 0 Å². The van der Waals surface area contributed by atoms with Crippen LogP contribution in [-0.4, -0.2) is 28.0 Å². The summed E-state index contributed by atoms with van der Waals surface area (Å²) in [6, 6.07) is 22.0. The summed E-state index contributed by atoms with van der Waals surface area (Å²) in [5.41, 5.74) is 3.01. The molecule has 4 aromatic rings. The maximum atomic E-state index is 13.1. The van der Waals surface area contributed by atoms with E-state index in [4.69, 9.17) is 4.52 Å². The number of carbonyl (C=O) groups is 1. The van der Waals surface area contributed by atoms with Crippen LogP contribution in [0, 0.1) is 0 Å². The molecule has 29 heavy (non-hydrogen) atoms. The van der Waals surface area contributed by atoms with Gasteiger partial charge in [0.2, 0.25) is 11.7 Å². The molecule has 1 amide bonds. The summed E-state index contributed by atoms with van der Waals surface area (Å²) in [7, 11) is 1.76. The Kier molecular flexibility index (Phi) is 5.81. The Morgan fingerprint density at radius 3 is 2.59 bits per heavy atom. The minimum atomic E-state index is -0.0514. The average Bonchev–Trinajstić information content (AvgIpc) is 3.44. The molecule has 0 atom stereocenters. The fourth-order valence-electron chi connectivity index (χ4n) is 3.18. The standard InChI is InChI=1S/C23H21N3O2S/c1-26(16-21-24-22(25-28-21)20-12-7-15-29-20)23(27)19-11-6-5-10-18(19)14-13-17-8-3-2-4-9-17/h2-12,15H,13-14,16H2,1H3. The second-order valence-electron chi connectivity index (χ2n) is 6.79. The van der Waals surface area contributed by atoms with E-state index in [1.54, 1.807) is 23.3 Å². The summed E-state index contributed by atoms with van der Waals surface area (Å²) in [4.78, 5) is 20.0. The molecule has 2 aromatic carbocycles. The van der Waals surface area contributed by atoms with E-state index in [0.29, 0.717) is 17.3 Å². The minimum Gasteiger partial charge on any atom is -0.337 e. The van der Waals surface area contributed by atoms with E-state index in [9.17, 15) is 4.79 Å². The summed E-state index contributed by atoms with van der Waals surface area (Å²) in [5.74, 6) is 0.926. The smallest absolute Gasteiger partial charge is 0.254 e. The largest absolute Gasteiger partial charge is 0.337 e. The number of nitrogens with zero attached hydrogens (tertiary/aromatic N) is 3. The van der Waals surface area contributed by atoms with Gasteiger partial charge in [-0.2, -0.15) is 4.98 Å². The van der Waals surface area contributed by atoms with Gasteiger partial charge in [0.05, 0.1) is 11.4 Å². The molecule has 0 radical (unpaired) electrons. The van der Waals surface area contributed by atoms with E-state index >= 15 is 0 Å². The molecule has 4 rings (SSSR count). The van der Waals surface area contributed by atoms with Crippen molar-refractivity contribution in [1.29, 1.82) is 0 Å². The first-order chi connectivity index (χ1) is 14.2. The van der Waals surface area contributed by atoms with Crippen LogP contribution in [0.5, 0.6) is 0 Å². The molecule has 2 heterocycles. The lowest BCUT2D eigenvalue weighted by atomic mass is 9.99. The lowest BCUT2D eigenvalue weighted by Gasteiger charge is -2.17. The monoisotopic (exact) mass is 403 g/mol. The maximum Gasteiger partial charge on any atom is 0.254 e. The van der Waals surface area contributed by atoms with E-state index in [1.807, 2.05) is 60.0 Å². The summed E-state index contributed by atoms with van der Waals surface area (Å²) < 4.78 is 5.33. The number of thiophene rings is 1. The molecule has 0 spiro atoms. The van der Waals surface area contributed by atoms with Gasteiger partial charge >= 0.3 is 0 Å². The third-order valence-electron chi connectivity index (χ3n) is 4.70. The first-order valence-corrected chi connectivity index (χ1v) is 10.3. The number of hydrogen-bond donors (Lipinski definition) is 0. The highest BCUT2D eigenvalue weighted by Gasteiger charge is 2.18. The number of hydrogen-bond acceptors (Lipinski definition) is 5. The highest BCUT2D eigenvalue weighted by atomic mass is 32.1. The molecule has 5 nitrogen and oxygen atoms in total. The van der Waals surface area contributed by atoms with E-state index in [-0.39, 0.29) is 12.5 Å². The molecule has 146 valence electrons. The molecule has 0 aliphatic rings. The Hall–Kier alpha value is -3.25. The molecule has 0 saturated heterocycles. The van der Waals surface area contributed by atoms with Crippen molar-refractivity contribution in [2.45, 2.75) is 19.4 Å². The van der Waals surface area contributed by atoms with Gasteiger partial charge in [-0.15, -0.1) is 11.3 Å². The molecular formula is C23H21N3O2S. The lowest BCUT2D eigenvalue weighted by Crippen LogP contribution is -2.27. The van der Waals surface area contributed by atoms with Gasteiger partial charge in [-0.1, -0.05) is 59.8 Å². The topological polar surface area (TPSA) is 59.2 Å². The van der Waals surface area contributed by atoms with E-state index < -0.39 is 0 Å². The Morgan fingerprint density at radius 2 is 1.79 bits per heavy atom. The van der Waals surface area contributed by atoms with Crippen molar-refractivity contribution in [2.24, 2.45) is 0 Å². The van der Waals surface area contributed by atoms with Crippen LogP contribution in [0.1, 0.15) is 27.4 Å². The van der Waals surface area contributed by atoms with E-state index in [0.717, 1.165) is 23.3 Å². The van der Waals surface area contributed by atoms with Crippen molar-refractivity contribution in [2.75, 3.05) is 7.05 Å². The molecule has 0 aliphatic carbocycles. The number of amides is 1. The van der Waals surface area contributed by atoms with Crippen LogP contribution in [-0.2, 0) is 19.4 Å². The summed E-state index contributed by atoms with van der Waals surface area (Å²) in [5, 5.41) is 5.98. The number of rotatable bonds is 7. The van der Waals surface area contributed by atoms with Crippen molar-refractivity contribution in [3.8, 4) is 10.7 Å². The minimum absolute atomic E-state index is 0.0514. The molecule has 2 aromatic heterocycles. The van der Waals surface area contributed by atoms with Crippen LogP contribution < -0.4 is 0 Å². The van der Waals surface area contributed by atoms with E-state index in [2.05, 4.69) is 22.3 Å². The van der Waals surface area contributed by atoms with Gasteiger partial charge in [0, 0.05) is 12.6 Å². The van der Waals surface area contributed by atoms with Crippen LogP contribution in [0.2, 0.25) is 0 Å². The highest BCUT2D eigenvalue weighted by molar-refractivity contribution is 7.13. The Balaban J connectivity index is 1.45. The molecule has 0 saturated carbocycles. The molecule has 6 heteroatoms. The predicted octanol–water partition coefficient (Wildman–Crippen LogP) is 4.86. The highest BCUT2D eigenvalue weighted by Crippen LogP contribution is 2.22. The van der Waals surface area contributed by atoms with Gasteiger partial charge < -0.3 is 9.42 Å². The van der Waals surface area contributed by atoms with E-state index in [1.165, 1.54) is 5.56 Å². The van der Waals surface area contributed by atoms with Crippen molar-refractivity contribution in [3.63, 3.8) is 0 Å². The molecule has 0 aliphatic heterocycles. The fourth-order valence-corrected chi connectivity index (χ4v) is 3.83. The number of aryl methyl sites for hydroxylation is 2. The fraction of sp³-hybridized carbons (Fsp3) is 0.174. The zero-order valence-corrected chi connectivity index (χ0v) is 16.9. The normalized spacial score (nSPS) is 10.8. The molecular weight excluding hydrogens is 382 g/mol. The average molecular weight is 404 g/mol. The van der Waals surface area contributed by atoms with Gasteiger partial charge in [0.25, 0.3) is 5.91 Å². The van der Waals surface area contributed by atoms with Crippen molar-refractivity contribution in [1.82, 2.24) is 15.0 Å². The molecule has 0 unspecified atom stereocenters. The first-order valence-electron chi connectivity index (χ1n) is 9.44. The summed E-state index contributed by atoms with van der Waals surface area (Å²) >= 11 is 1.55. The quantitative estimate of drug-likeness (QED) is 0.442. The lowest BCUT2D eigenvalue weighted by molar-refractivity contribution is 0.0768. The molecule has 0 bridgehead atoms. The number of carbonyl (C=O) groups excluding carboxylic acids is 1. The van der Waals surface area contributed by atoms with Crippen LogP contribution in [0.15, 0.2) is 76.6 Å². The van der Waals surface area contributed by atoms with Gasteiger partial charge in [-0.05, 0) is 41.5 Å². The Morgan fingerprint density at radius 1 is 1.00 bits per heavy atom. The first kappa shape index (κ1) is 19.1. The van der Waals surface area contributed by atoms with Crippen LogP contribution in [0.3, 0.4) is 0 Å². The molecule has 0 fully saturated rings. The van der Waals surface area contributed by atoms with Crippen molar-refractivity contribution >= 4 is 17.2 Å². The SMILES string of the molecule is CN(Cc1nc(-c2cccs2)no1)C(=O)c1ccccc1CCc1ccccc1. The van der Waals surface area contributed by atoms with Gasteiger partial charge in [-0.3, -0.25) is 4.79 Å². The Labute approximate surface area is 173 Å². The maximum absolute atomic E-state index is 13.1. The zero-order valence-electron chi connectivity index (χ0n) is 16.1. The summed E-state index contributed by atoms with van der Waals surface area (Å²) in [6.45, 7) is 0.268. The van der Waals surface area contributed by atoms with Crippen molar-refractivity contribution in [3.05, 3.63) is 94.7 Å². The predicted molar refractivity (Wildman–Crippen MR) is 114 cm³/mol. The number of benzene rings is 2. The van der Waals surface area contributed by atoms with Gasteiger partial charge in [0.1, 0.15) is 0 Å².